The molecule has 1 aromatic rings. The number of hydrogen-bond donors (Lipinski definition) is 1. The van der Waals surface area contributed by atoms with Gasteiger partial charge in [0.05, 0.1) is 11.0 Å². The van der Waals surface area contributed by atoms with Crippen LogP contribution in [-0.2, 0) is 16.3 Å². The second-order valence-corrected chi connectivity index (χ2v) is 7.68. The van der Waals surface area contributed by atoms with Gasteiger partial charge in [-0.3, -0.25) is 0 Å². The first-order valence-electron chi connectivity index (χ1n) is 6.62. The largest absolute Gasteiger partial charge is 0.326 e. The van der Waals surface area contributed by atoms with Gasteiger partial charge in [-0.25, -0.2) is 12.8 Å². The van der Waals surface area contributed by atoms with Crippen molar-refractivity contribution < 1.29 is 12.8 Å². The van der Waals surface area contributed by atoms with Gasteiger partial charge in [0.1, 0.15) is 5.82 Å². The van der Waals surface area contributed by atoms with Crippen molar-refractivity contribution in [1.29, 1.82) is 0 Å². The number of hydrogen-bond acceptors (Lipinski definition) is 3. The summed E-state index contributed by atoms with van der Waals surface area (Å²) in [6.07, 6.45) is 2.66. The Balaban J connectivity index is 2.16. The zero-order valence-electron chi connectivity index (χ0n) is 11.1. The molecule has 2 N–H and O–H groups in total. The van der Waals surface area contributed by atoms with Crippen LogP contribution in [0, 0.1) is 12.7 Å². The molecule has 1 aromatic carbocycles. The molecule has 2 rings (SSSR count). The van der Waals surface area contributed by atoms with Crippen molar-refractivity contribution in [2.24, 2.45) is 5.73 Å². The van der Waals surface area contributed by atoms with Gasteiger partial charge in [0, 0.05) is 6.04 Å². The summed E-state index contributed by atoms with van der Waals surface area (Å²) in [5.41, 5.74) is 7.82. The van der Waals surface area contributed by atoms with Gasteiger partial charge in [-0.2, -0.15) is 0 Å². The van der Waals surface area contributed by atoms with E-state index < -0.39 is 21.1 Å². The number of sulfone groups is 1. The number of rotatable bonds is 3. The lowest BCUT2D eigenvalue weighted by molar-refractivity contribution is 0.494. The maximum absolute atomic E-state index is 13.2. The normalized spacial score (nSPS) is 24.1. The van der Waals surface area contributed by atoms with Crippen LogP contribution in [-0.4, -0.2) is 25.5 Å². The Labute approximate surface area is 113 Å². The third-order valence-electron chi connectivity index (χ3n) is 3.87. The van der Waals surface area contributed by atoms with Gasteiger partial charge in [-0.15, -0.1) is 0 Å². The van der Waals surface area contributed by atoms with Crippen molar-refractivity contribution in [2.45, 2.75) is 43.9 Å². The second kappa shape index (κ2) is 5.59. The van der Waals surface area contributed by atoms with Gasteiger partial charge in [-0.1, -0.05) is 12.5 Å². The molecule has 1 heterocycles. The van der Waals surface area contributed by atoms with E-state index in [1.807, 2.05) is 6.92 Å². The lowest BCUT2D eigenvalue weighted by atomic mass is 9.97. The fourth-order valence-electron chi connectivity index (χ4n) is 2.71. The average molecular weight is 285 g/mol. The van der Waals surface area contributed by atoms with E-state index in [9.17, 15) is 12.8 Å². The molecular weight excluding hydrogens is 265 g/mol. The quantitative estimate of drug-likeness (QED) is 0.923. The van der Waals surface area contributed by atoms with Crippen LogP contribution in [0.2, 0.25) is 0 Å². The molecule has 0 amide bonds. The van der Waals surface area contributed by atoms with Gasteiger partial charge in [0.15, 0.2) is 9.84 Å². The molecule has 106 valence electrons. The molecule has 0 spiro atoms. The van der Waals surface area contributed by atoms with Crippen LogP contribution < -0.4 is 5.73 Å². The third kappa shape index (κ3) is 3.34. The van der Waals surface area contributed by atoms with Gasteiger partial charge < -0.3 is 5.73 Å². The zero-order valence-corrected chi connectivity index (χ0v) is 11.9. The molecule has 1 saturated heterocycles. The van der Waals surface area contributed by atoms with E-state index in [2.05, 4.69) is 0 Å². The van der Waals surface area contributed by atoms with Crippen LogP contribution in [0.5, 0.6) is 0 Å². The van der Waals surface area contributed by atoms with Crippen LogP contribution in [0.1, 0.15) is 30.4 Å². The molecule has 0 saturated carbocycles. The minimum Gasteiger partial charge on any atom is -0.326 e. The molecule has 2 atom stereocenters. The summed E-state index contributed by atoms with van der Waals surface area (Å²) in [5, 5.41) is -0.482. The summed E-state index contributed by atoms with van der Waals surface area (Å²) in [4.78, 5) is 0. The van der Waals surface area contributed by atoms with E-state index in [1.54, 1.807) is 6.07 Å². The van der Waals surface area contributed by atoms with Crippen LogP contribution in [0.3, 0.4) is 0 Å². The monoisotopic (exact) mass is 285 g/mol. The summed E-state index contributed by atoms with van der Waals surface area (Å²) in [5.74, 6) is -0.0765. The summed E-state index contributed by atoms with van der Waals surface area (Å²) in [7, 11) is -3.08. The summed E-state index contributed by atoms with van der Waals surface area (Å²) < 4.78 is 37.3. The van der Waals surface area contributed by atoms with Gasteiger partial charge in [-0.05, 0) is 49.4 Å². The Morgan fingerprint density at radius 3 is 2.84 bits per heavy atom. The highest BCUT2D eigenvalue weighted by molar-refractivity contribution is 7.92. The van der Waals surface area contributed by atoms with E-state index in [4.69, 9.17) is 5.73 Å². The second-order valence-electron chi connectivity index (χ2n) is 5.34. The van der Waals surface area contributed by atoms with Gasteiger partial charge in [0.2, 0.25) is 0 Å². The standard InChI is InChI=1S/C14H20FNO2S/c1-10-5-6-12(15)8-11(10)9-13(16)14-4-2-3-7-19(14,17)18/h5-6,8,13-14H,2-4,7,9,16H2,1H3. The highest BCUT2D eigenvalue weighted by Crippen LogP contribution is 2.24. The number of nitrogens with two attached hydrogens (primary N) is 1. The van der Waals surface area contributed by atoms with Crippen LogP contribution in [0.4, 0.5) is 4.39 Å². The molecule has 1 aliphatic heterocycles. The summed E-state index contributed by atoms with van der Waals surface area (Å²) in [6.45, 7) is 1.89. The molecular formula is C14H20FNO2S. The molecule has 1 fully saturated rings. The first kappa shape index (κ1) is 14.5. The SMILES string of the molecule is Cc1ccc(F)cc1CC(N)C1CCCCS1(=O)=O. The Kier molecular flexibility index (Phi) is 4.26. The van der Waals surface area contributed by atoms with E-state index in [0.29, 0.717) is 12.8 Å². The Hall–Kier alpha value is -0.940. The van der Waals surface area contributed by atoms with Gasteiger partial charge in [0.25, 0.3) is 0 Å². The van der Waals surface area contributed by atoms with Crippen molar-refractivity contribution in [2.75, 3.05) is 5.75 Å². The highest BCUT2D eigenvalue weighted by atomic mass is 32.2. The van der Waals surface area contributed by atoms with E-state index in [-0.39, 0.29) is 11.6 Å². The van der Waals surface area contributed by atoms with Crippen molar-refractivity contribution in [1.82, 2.24) is 0 Å². The summed E-state index contributed by atoms with van der Waals surface area (Å²) in [6, 6.07) is 4.10. The number of aryl methyl sites for hydroxylation is 1. The van der Waals surface area contributed by atoms with Crippen LogP contribution >= 0.6 is 0 Å². The molecule has 0 aromatic heterocycles. The van der Waals surface area contributed by atoms with Crippen molar-refractivity contribution >= 4 is 9.84 Å². The fraction of sp³-hybridized carbons (Fsp3) is 0.571. The topological polar surface area (TPSA) is 60.2 Å². The lowest BCUT2D eigenvalue weighted by Crippen LogP contribution is -2.45. The zero-order chi connectivity index (χ0) is 14.0. The van der Waals surface area contributed by atoms with Crippen LogP contribution in [0.25, 0.3) is 0 Å². The number of halogens is 1. The molecule has 3 nitrogen and oxygen atoms in total. The average Bonchev–Trinajstić information content (AvgIpc) is 2.33. The lowest BCUT2D eigenvalue weighted by Gasteiger charge is -2.27. The maximum Gasteiger partial charge on any atom is 0.154 e. The smallest absolute Gasteiger partial charge is 0.154 e. The predicted octanol–water partition coefficient (Wildman–Crippen LogP) is 1.97. The molecule has 0 bridgehead atoms. The van der Waals surface area contributed by atoms with Gasteiger partial charge >= 0.3 is 0 Å². The fourth-order valence-corrected chi connectivity index (χ4v) is 4.77. The molecule has 2 unspecified atom stereocenters. The van der Waals surface area contributed by atoms with E-state index >= 15 is 0 Å². The van der Waals surface area contributed by atoms with Crippen molar-refractivity contribution in [3.63, 3.8) is 0 Å². The predicted molar refractivity (Wildman–Crippen MR) is 74.2 cm³/mol. The first-order valence-corrected chi connectivity index (χ1v) is 8.34. The molecule has 5 heteroatoms. The van der Waals surface area contributed by atoms with Crippen molar-refractivity contribution in [3.05, 3.63) is 35.1 Å². The maximum atomic E-state index is 13.2. The molecule has 0 aliphatic carbocycles. The minimum atomic E-state index is -3.08. The molecule has 0 radical (unpaired) electrons. The Bertz CT molecular complexity index is 557. The van der Waals surface area contributed by atoms with Crippen molar-refractivity contribution in [3.8, 4) is 0 Å². The highest BCUT2D eigenvalue weighted by Gasteiger charge is 2.33. The Morgan fingerprint density at radius 1 is 1.42 bits per heavy atom. The molecule has 1 aliphatic rings. The van der Waals surface area contributed by atoms with E-state index in [0.717, 1.165) is 24.0 Å². The first-order chi connectivity index (χ1) is 8.90. The van der Waals surface area contributed by atoms with Crippen LogP contribution in [0.15, 0.2) is 18.2 Å². The number of benzene rings is 1. The van der Waals surface area contributed by atoms with E-state index in [1.165, 1.54) is 12.1 Å². The summed E-state index contributed by atoms with van der Waals surface area (Å²) >= 11 is 0. The Morgan fingerprint density at radius 2 is 2.16 bits per heavy atom. The third-order valence-corrected chi connectivity index (χ3v) is 6.24. The minimum absolute atomic E-state index is 0.230. The molecule has 19 heavy (non-hydrogen) atoms.